The molecule has 0 aliphatic rings. The first-order valence-corrected chi connectivity index (χ1v) is 8.18. The molecule has 2 rings (SSSR count). The fraction of sp³-hybridized carbons (Fsp3) is 0.385. The molecule has 0 saturated heterocycles. The zero-order chi connectivity index (χ0) is 17.2. The molecular formula is C13H17N3O6S. The second kappa shape index (κ2) is 6.42. The van der Waals surface area contributed by atoms with Gasteiger partial charge in [-0.3, -0.25) is 0 Å². The number of carboxylic acids is 1. The van der Waals surface area contributed by atoms with Gasteiger partial charge in [0, 0.05) is 19.7 Å². The average molecular weight is 343 g/mol. The number of aromatic nitrogens is 2. The van der Waals surface area contributed by atoms with Crippen LogP contribution in [-0.2, 0) is 30.0 Å². The highest BCUT2D eigenvalue weighted by Crippen LogP contribution is 2.23. The van der Waals surface area contributed by atoms with E-state index < -0.39 is 21.1 Å². The van der Waals surface area contributed by atoms with Gasteiger partial charge in [-0.25, -0.2) is 22.6 Å². The van der Waals surface area contributed by atoms with E-state index in [9.17, 15) is 13.2 Å². The van der Waals surface area contributed by atoms with Gasteiger partial charge in [-0.15, -0.1) is 0 Å². The molecule has 0 amide bonds. The number of aromatic carboxylic acids is 1. The molecule has 0 aromatic carbocycles. The lowest BCUT2D eigenvalue weighted by molar-refractivity contribution is 0.0696. The minimum absolute atomic E-state index is 0.0500. The van der Waals surface area contributed by atoms with Gasteiger partial charge in [0.1, 0.15) is 6.26 Å². The van der Waals surface area contributed by atoms with Crippen LogP contribution in [0.1, 0.15) is 28.5 Å². The van der Waals surface area contributed by atoms with Crippen LogP contribution in [-0.4, -0.2) is 36.4 Å². The lowest BCUT2D eigenvalue weighted by Gasteiger charge is -2.07. The van der Waals surface area contributed by atoms with Gasteiger partial charge in [-0.2, -0.15) is 5.10 Å². The van der Waals surface area contributed by atoms with E-state index in [0.717, 1.165) is 12.3 Å². The largest absolute Gasteiger partial charge is 0.481 e. The highest BCUT2D eigenvalue weighted by molar-refractivity contribution is 7.89. The summed E-state index contributed by atoms with van der Waals surface area (Å²) in [6, 6.07) is 0.950. The van der Waals surface area contributed by atoms with Crippen LogP contribution in [0.5, 0.6) is 5.88 Å². The summed E-state index contributed by atoms with van der Waals surface area (Å²) in [5.41, 5.74) is 1.09. The van der Waals surface area contributed by atoms with Crippen LogP contribution < -0.4 is 9.46 Å². The van der Waals surface area contributed by atoms with E-state index in [4.69, 9.17) is 14.3 Å². The molecule has 0 aliphatic carbocycles. The number of sulfonamides is 1. The third-order valence-corrected chi connectivity index (χ3v) is 4.49. The van der Waals surface area contributed by atoms with Gasteiger partial charge < -0.3 is 14.3 Å². The zero-order valence-electron chi connectivity index (χ0n) is 12.9. The SMILES string of the molecule is CCc1nn(C)c(OC)c1CNS(=O)(=O)c1cc(C(=O)O)co1. The molecule has 2 aromatic rings. The Labute approximate surface area is 132 Å². The maximum absolute atomic E-state index is 12.2. The molecule has 0 atom stereocenters. The predicted octanol–water partition coefficient (Wildman–Crippen LogP) is 0.761. The summed E-state index contributed by atoms with van der Waals surface area (Å²) in [7, 11) is -0.816. The number of aryl methyl sites for hydroxylation is 2. The summed E-state index contributed by atoms with van der Waals surface area (Å²) in [6.45, 7) is 1.84. The molecule has 0 spiro atoms. The third-order valence-electron chi connectivity index (χ3n) is 3.23. The van der Waals surface area contributed by atoms with E-state index in [1.807, 2.05) is 6.92 Å². The summed E-state index contributed by atoms with van der Waals surface area (Å²) in [4.78, 5) is 10.8. The van der Waals surface area contributed by atoms with E-state index in [1.54, 1.807) is 7.05 Å². The Kier molecular flexibility index (Phi) is 4.76. The van der Waals surface area contributed by atoms with Crippen LogP contribution >= 0.6 is 0 Å². The first-order chi connectivity index (χ1) is 10.8. The quantitative estimate of drug-likeness (QED) is 0.760. The molecular weight excluding hydrogens is 326 g/mol. The van der Waals surface area contributed by atoms with Gasteiger partial charge in [0.15, 0.2) is 0 Å². The minimum Gasteiger partial charge on any atom is -0.481 e. The van der Waals surface area contributed by atoms with E-state index in [0.29, 0.717) is 23.6 Å². The number of carboxylic acid groups (broad SMARTS) is 1. The minimum atomic E-state index is -3.98. The molecule has 126 valence electrons. The summed E-state index contributed by atoms with van der Waals surface area (Å²) in [5.74, 6) is -0.812. The van der Waals surface area contributed by atoms with E-state index in [1.165, 1.54) is 11.8 Å². The Balaban J connectivity index is 2.24. The van der Waals surface area contributed by atoms with Gasteiger partial charge in [0.2, 0.25) is 11.0 Å². The molecule has 0 aliphatic heterocycles. The standard InChI is InChI=1S/C13H17N3O6S/c1-4-10-9(12(21-3)16(2)15-10)6-14-23(19,20)11-5-8(7-22-11)13(17)18/h5,7,14H,4,6H2,1-3H3,(H,17,18). The number of hydrogen-bond donors (Lipinski definition) is 2. The second-order valence-electron chi connectivity index (χ2n) is 4.70. The molecule has 0 saturated carbocycles. The molecule has 0 fully saturated rings. The summed E-state index contributed by atoms with van der Waals surface area (Å²) < 4.78 is 38.3. The molecule has 0 bridgehead atoms. The van der Waals surface area contributed by atoms with Crippen LogP contribution in [0, 0.1) is 0 Å². The Morgan fingerprint density at radius 2 is 2.22 bits per heavy atom. The van der Waals surface area contributed by atoms with E-state index >= 15 is 0 Å². The van der Waals surface area contributed by atoms with Crippen molar-refractivity contribution in [2.75, 3.05) is 7.11 Å². The molecule has 2 heterocycles. The van der Waals surface area contributed by atoms with Crippen LogP contribution in [0.4, 0.5) is 0 Å². The van der Waals surface area contributed by atoms with Gasteiger partial charge in [-0.05, 0) is 6.42 Å². The van der Waals surface area contributed by atoms with E-state index in [2.05, 4.69) is 9.82 Å². The number of rotatable bonds is 7. The molecule has 9 nitrogen and oxygen atoms in total. The number of carbonyl (C=O) groups is 1. The van der Waals surface area contributed by atoms with Crippen LogP contribution in [0.3, 0.4) is 0 Å². The van der Waals surface area contributed by atoms with Crippen LogP contribution in [0.15, 0.2) is 21.8 Å². The Morgan fingerprint density at radius 1 is 1.52 bits per heavy atom. The van der Waals surface area contributed by atoms with Gasteiger partial charge >= 0.3 is 5.97 Å². The Hall–Kier alpha value is -2.33. The number of ether oxygens (including phenoxy) is 1. The lowest BCUT2D eigenvalue weighted by atomic mass is 10.2. The zero-order valence-corrected chi connectivity index (χ0v) is 13.7. The van der Waals surface area contributed by atoms with Crippen molar-refractivity contribution in [2.24, 2.45) is 7.05 Å². The van der Waals surface area contributed by atoms with Crippen molar-refractivity contribution in [1.82, 2.24) is 14.5 Å². The molecule has 10 heteroatoms. The van der Waals surface area contributed by atoms with Crippen molar-refractivity contribution in [3.05, 3.63) is 29.2 Å². The number of methoxy groups -OCH3 is 1. The lowest BCUT2D eigenvalue weighted by Crippen LogP contribution is -2.23. The smallest absolute Gasteiger partial charge is 0.339 e. The highest BCUT2D eigenvalue weighted by Gasteiger charge is 2.23. The van der Waals surface area contributed by atoms with Crippen molar-refractivity contribution in [3.8, 4) is 5.88 Å². The molecule has 2 aromatic heterocycles. The third kappa shape index (κ3) is 3.37. The van der Waals surface area contributed by atoms with Crippen molar-refractivity contribution in [1.29, 1.82) is 0 Å². The van der Waals surface area contributed by atoms with Crippen molar-refractivity contribution in [3.63, 3.8) is 0 Å². The maximum Gasteiger partial charge on any atom is 0.339 e. The maximum atomic E-state index is 12.2. The normalized spacial score (nSPS) is 11.6. The van der Waals surface area contributed by atoms with Crippen molar-refractivity contribution in [2.45, 2.75) is 25.0 Å². The van der Waals surface area contributed by atoms with E-state index in [-0.39, 0.29) is 12.1 Å². The molecule has 0 unspecified atom stereocenters. The topological polar surface area (TPSA) is 124 Å². The summed E-state index contributed by atoms with van der Waals surface area (Å²) >= 11 is 0. The second-order valence-corrected chi connectivity index (χ2v) is 6.39. The van der Waals surface area contributed by atoms with Crippen LogP contribution in [0.25, 0.3) is 0 Å². The number of nitrogens with one attached hydrogen (secondary N) is 1. The molecule has 0 radical (unpaired) electrons. The molecule has 2 N–H and O–H groups in total. The summed E-state index contributed by atoms with van der Waals surface area (Å²) in [6.07, 6.45) is 1.48. The summed E-state index contributed by atoms with van der Waals surface area (Å²) in [5, 5.41) is 12.6. The number of furan rings is 1. The van der Waals surface area contributed by atoms with Crippen LogP contribution in [0.2, 0.25) is 0 Å². The fourth-order valence-corrected chi connectivity index (χ4v) is 3.06. The van der Waals surface area contributed by atoms with Crippen molar-refractivity contribution >= 4 is 16.0 Å². The number of hydrogen-bond acceptors (Lipinski definition) is 6. The average Bonchev–Trinajstić information content (AvgIpc) is 3.10. The Bertz CT molecular complexity index is 821. The number of nitrogens with zero attached hydrogens (tertiary/aromatic N) is 2. The molecule has 23 heavy (non-hydrogen) atoms. The van der Waals surface area contributed by atoms with Gasteiger partial charge in [0.05, 0.1) is 23.9 Å². The van der Waals surface area contributed by atoms with Gasteiger partial charge in [0.25, 0.3) is 10.0 Å². The Morgan fingerprint density at radius 3 is 2.74 bits per heavy atom. The monoisotopic (exact) mass is 343 g/mol. The van der Waals surface area contributed by atoms with Crippen molar-refractivity contribution < 1.29 is 27.5 Å². The predicted molar refractivity (Wildman–Crippen MR) is 78.8 cm³/mol. The fourth-order valence-electron chi connectivity index (χ4n) is 2.13. The highest BCUT2D eigenvalue weighted by atomic mass is 32.2. The first kappa shape index (κ1) is 17.0. The van der Waals surface area contributed by atoms with Gasteiger partial charge in [-0.1, -0.05) is 6.92 Å². The first-order valence-electron chi connectivity index (χ1n) is 6.70.